The van der Waals surface area contributed by atoms with Crippen molar-refractivity contribution in [1.29, 1.82) is 5.26 Å². The van der Waals surface area contributed by atoms with E-state index in [1.54, 1.807) is 30.3 Å². The Balaban J connectivity index is 1.82. The standard InChI is InChI=1S/C18H12N2O4/c1-2-11-3-6-15(13(7-11)9-19)23-10-17-20-14-5-4-12(18(21)22)8-16(14)24-17/h2-8H,1,10H2,(H,21,22). The van der Waals surface area contributed by atoms with Crippen molar-refractivity contribution >= 4 is 23.1 Å². The van der Waals surface area contributed by atoms with E-state index in [4.69, 9.17) is 14.3 Å². The van der Waals surface area contributed by atoms with Gasteiger partial charge in [-0.05, 0) is 35.9 Å². The van der Waals surface area contributed by atoms with Crippen LogP contribution >= 0.6 is 0 Å². The molecule has 0 saturated carbocycles. The third kappa shape index (κ3) is 2.96. The van der Waals surface area contributed by atoms with E-state index in [0.717, 1.165) is 5.56 Å². The number of oxazole rings is 1. The number of ether oxygens (including phenoxy) is 1. The highest BCUT2D eigenvalue weighted by Crippen LogP contribution is 2.23. The number of carboxylic acid groups (broad SMARTS) is 1. The van der Waals surface area contributed by atoms with Crippen LogP contribution in [0.15, 0.2) is 47.4 Å². The molecule has 0 aliphatic heterocycles. The number of carbonyl (C=O) groups is 1. The summed E-state index contributed by atoms with van der Waals surface area (Å²) in [4.78, 5) is 15.2. The minimum atomic E-state index is -1.04. The van der Waals surface area contributed by atoms with Gasteiger partial charge in [0.2, 0.25) is 5.89 Å². The third-order valence-electron chi connectivity index (χ3n) is 3.39. The number of nitrogens with zero attached hydrogens (tertiary/aromatic N) is 2. The maximum Gasteiger partial charge on any atom is 0.335 e. The summed E-state index contributed by atoms with van der Waals surface area (Å²) >= 11 is 0. The van der Waals surface area contributed by atoms with Gasteiger partial charge in [0.15, 0.2) is 12.2 Å². The molecule has 3 rings (SSSR count). The topological polar surface area (TPSA) is 96.3 Å². The van der Waals surface area contributed by atoms with Gasteiger partial charge in [-0.25, -0.2) is 9.78 Å². The summed E-state index contributed by atoms with van der Waals surface area (Å²) in [6.45, 7) is 3.68. The van der Waals surface area contributed by atoms with Crippen LogP contribution in [0.5, 0.6) is 5.75 Å². The van der Waals surface area contributed by atoms with Crippen LogP contribution in [0.2, 0.25) is 0 Å². The van der Waals surface area contributed by atoms with Crippen LogP contribution in [0.4, 0.5) is 0 Å². The summed E-state index contributed by atoms with van der Waals surface area (Å²) in [5.74, 6) is -0.326. The van der Waals surface area contributed by atoms with Gasteiger partial charge in [-0.15, -0.1) is 0 Å². The Morgan fingerprint density at radius 3 is 2.92 bits per heavy atom. The molecule has 0 saturated heterocycles. The fourth-order valence-corrected chi connectivity index (χ4v) is 2.19. The van der Waals surface area contributed by atoms with Gasteiger partial charge < -0.3 is 14.3 Å². The molecule has 6 heteroatoms. The fourth-order valence-electron chi connectivity index (χ4n) is 2.19. The van der Waals surface area contributed by atoms with Crippen LogP contribution in [0.25, 0.3) is 17.2 Å². The van der Waals surface area contributed by atoms with E-state index in [1.807, 2.05) is 0 Å². The molecular weight excluding hydrogens is 308 g/mol. The molecule has 6 nitrogen and oxygen atoms in total. The second kappa shape index (κ2) is 6.26. The van der Waals surface area contributed by atoms with Crippen molar-refractivity contribution in [3.8, 4) is 11.8 Å². The molecule has 24 heavy (non-hydrogen) atoms. The summed E-state index contributed by atoms with van der Waals surface area (Å²) in [7, 11) is 0. The number of rotatable bonds is 5. The molecule has 1 aromatic heterocycles. The fraction of sp³-hybridized carbons (Fsp3) is 0.0556. The first-order chi connectivity index (χ1) is 11.6. The molecule has 0 amide bonds. The number of hydrogen-bond donors (Lipinski definition) is 1. The summed E-state index contributed by atoms with van der Waals surface area (Å²) in [5, 5.41) is 18.2. The quantitative estimate of drug-likeness (QED) is 0.771. The summed E-state index contributed by atoms with van der Waals surface area (Å²) in [6, 6.07) is 11.6. The van der Waals surface area contributed by atoms with Crippen LogP contribution in [-0.4, -0.2) is 16.1 Å². The van der Waals surface area contributed by atoms with Crippen molar-refractivity contribution in [2.24, 2.45) is 0 Å². The molecule has 2 aromatic carbocycles. The van der Waals surface area contributed by atoms with E-state index in [9.17, 15) is 10.1 Å². The number of aromatic nitrogens is 1. The first-order valence-electron chi connectivity index (χ1n) is 7.03. The van der Waals surface area contributed by atoms with Crippen LogP contribution in [0, 0.1) is 11.3 Å². The number of fused-ring (bicyclic) bond motifs is 1. The SMILES string of the molecule is C=Cc1ccc(OCc2nc3ccc(C(=O)O)cc3o2)c(C#N)c1. The molecule has 0 bridgehead atoms. The smallest absolute Gasteiger partial charge is 0.335 e. The van der Waals surface area contributed by atoms with Gasteiger partial charge in [-0.2, -0.15) is 5.26 Å². The van der Waals surface area contributed by atoms with Crippen LogP contribution in [0.3, 0.4) is 0 Å². The second-order valence-electron chi connectivity index (χ2n) is 4.96. The highest BCUT2D eigenvalue weighted by atomic mass is 16.5. The minimum Gasteiger partial charge on any atom is -0.482 e. The number of hydrogen-bond acceptors (Lipinski definition) is 5. The molecule has 1 N–H and O–H groups in total. The normalized spacial score (nSPS) is 10.3. The lowest BCUT2D eigenvalue weighted by Gasteiger charge is -2.06. The molecule has 1 heterocycles. The monoisotopic (exact) mass is 320 g/mol. The zero-order chi connectivity index (χ0) is 17.1. The van der Waals surface area contributed by atoms with Gasteiger partial charge in [0.05, 0.1) is 11.1 Å². The maximum absolute atomic E-state index is 11.0. The molecule has 3 aromatic rings. The lowest BCUT2D eigenvalue weighted by atomic mass is 10.1. The maximum atomic E-state index is 11.0. The summed E-state index contributed by atoms with van der Waals surface area (Å²) in [5.41, 5.74) is 2.24. The Labute approximate surface area is 137 Å². The molecule has 0 aliphatic rings. The van der Waals surface area contributed by atoms with E-state index in [0.29, 0.717) is 28.3 Å². The van der Waals surface area contributed by atoms with Crippen LogP contribution in [0.1, 0.15) is 27.4 Å². The van der Waals surface area contributed by atoms with Crippen molar-refractivity contribution in [3.05, 3.63) is 65.6 Å². The van der Waals surface area contributed by atoms with Crippen molar-refractivity contribution < 1.29 is 19.1 Å². The average molecular weight is 320 g/mol. The third-order valence-corrected chi connectivity index (χ3v) is 3.39. The van der Waals surface area contributed by atoms with Gasteiger partial charge in [-0.1, -0.05) is 18.7 Å². The molecule has 118 valence electrons. The minimum absolute atomic E-state index is 0.0270. The Kier molecular flexibility index (Phi) is 4.00. The van der Waals surface area contributed by atoms with Gasteiger partial charge >= 0.3 is 5.97 Å². The van der Waals surface area contributed by atoms with Crippen molar-refractivity contribution in [2.45, 2.75) is 6.61 Å². The van der Waals surface area contributed by atoms with Gasteiger partial charge in [0.25, 0.3) is 0 Å². The predicted octanol–water partition coefficient (Wildman–Crippen LogP) is 3.62. The Bertz CT molecular complexity index is 982. The lowest BCUT2D eigenvalue weighted by molar-refractivity contribution is 0.0697. The molecule has 0 atom stereocenters. The summed E-state index contributed by atoms with van der Waals surface area (Å²) in [6.07, 6.45) is 1.64. The molecule has 0 unspecified atom stereocenters. The number of carboxylic acids is 1. The predicted molar refractivity (Wildman–Crippen MR) is 86.5 cm³/mol. The van der Waals surface area contributed by atoms with E-state index in [1.165, 1.54) is 12.1 Å². The zero-order valence-electron chi connectivity index (χ0n) is 12.5. The number of nitriles is 1. The number of benzene rings is 2. The van der Waals surface area contributed by atoms with Gasteiger partial charge in [0, 0.05) is 0 Å². The van der Waals surface area contributed by atoms with E-state index in [2.05, 4.69) is 17.6 Å². The highest BCUT2D eigenvalue weighted by Gasteiger charge is 2.11. The zero-order valence-corrected chi connectivity index (χ0v) is 12.5. The van der Waals surface area contributed by atoms with Crippen molar-refractivity contribution in [2.75, 3.05) is 0 Å². The first-order valence-corrected chi connectivity index (χ1v) is 7.03. The summed E-state index contributed by atoms with van der Waals surface area (Å²) < 4.78 is 11.1. The van der Waals surface area contributed by atoms with E-state index >= 15 is 0 Å². The molecule has 0 fully saturated rings. The Morgan fingerprint density at radius 2 is 2.21 bits per heavy atom. The van der Waals surface area contributed by atoms with Gasteiger partial charge in [-0.3, -0.25) is 0 Å². The van der Waals surface area contributed by atoms with E-state index < -0.39 is 5.97 Å². The average Bonchev–Trinajstić information content (AvgIpc) is 3.01. The van der Waals surface area contributed by atoms with Crippen molar-refractivity contribution in [3.63, 3.8) is 0 Å². The van der Waals surface area contributed by atoms with Crippen LogP contribution in [-0.2, 0) is 6.61 Å². The number of aromatic carboxylic acids is 1. The molecule has 0 aliphatic carbocycles. The Morgan fingerprint density at radius 1 is 1.38 bits per heavy atom. The first kappa shape index (κ1) is 15.3. The largest absolute Gasteiger partial charge is 0.482 e. The van der Waals surface area contributed by atoms with E-state index in [-0.39, 0.29) is 12.2 Å². The second-order valence-corrected chi connectivity index (χ2v) is 4.96. The molecule has 0 radical (unpaired) electrons. The van der Waals surface area contributed by atoms with Gasteiger partial charge in [0.1, 0.15) is 17.3 Å². The Hall–Kier alpha value is -3.59. The molecular formula is C18H12N2O4. The molecule has 0 spiro atoms. The van der Waals surface area contributed by atoms with Crippen molar-refractivity contribution in [1.82, 2.24) is 4.98 Å². The lowest BCUT2D eigenvalue weighted by Crippen LogP contribution is -1.97. The highest BCUT2D eigenvalue weighted by molar-refractivity contribution is 5.91. The van der Waals surface area contributed by atoms with Crippen LogP contribution < -0.4 is 4.74 Å².